The lowest BCUT2D eigenvalue weighted by Crippen LogP contribution is -2.49. The van der Waals surface area contributed by atoms with Gasteiger partial charge in [-0.05, 0) is 12.8 Å². The highest BCUT2D eigenvalue weighted by molar-refractivity contribution is 5.79. The third kappa shape index (κ3) is 13.5. The van der Waals surface area contributed by atoms with Crippen LogP contribution in [-0.4, -0.2) is 99.7 Å². The highest BCUT2D eigenvalue weighted by Gasteiger charge is 2.33. The molecular weight excluding hydrogens is 362 g/mol. The number of hydroxylamine groups is 2. The normalized spacial score (nSPS) is 15.4. The van der Waals surface area contributed by atoms with Gasteiger partial charge in [-0.3, -0.25) is 14.4 Å². The third-order valence-electron chi connectivity index (χ3n) is 3.47. The maximum absolute atomic E-state index is 11.1. The first-order valence-electron chi connectivity index (χ1n) is 8.93. The van der Waals surface area contributed by atoms with Gasteiger partial charge in [0, 0.05) is 13.1 Å². The Balaban J connectivity index is 0. The van der Waals surface area contributed by atoms with E-state index in [1.807, 2.05) is 13.8 Å². The minimum Gasteiger partial charge on any atom is -0.394 e. The third-order valence-corrected chi connectivity index (χ3v) is 3.47. The van der Waals surface area contributed by atoms with Crippen LogP contribution in [0.25, 0.3) is 0 Å². The van der Waals surface area contributed by atoms with Crippen molar-refractivity contribution >= 4 is 18.9 Å². The van der Waals surface area contributed by atoms with E-state index in [1.165, 1.54) is 0 Å². The number of aliphatic hydroxyl groups is 5. The molecule has 0 aliphatic carbocycles. The molecule has 0 saturated heterocycles. The van der Waals surface area contributed by atoms with Gasteiger partial charge in [0.05, 0.1) is 6.61 Å². The van der Waals surface area contributed by atoms with Crippen molar-refractivity contribution < 1.29 is 44.8 Å². The topological polar surface area (TPSA) is 165 Å². The average molecular weight is 395 g/mol. The Kier molecular flexibility index (Phi) is 18.7. The summed E-state index contributed by atoms with van der Waals surface area (Å²) in [5.74, 6) is 0. The number of aliphatic hydroxyl groups excluding tert-OH is 5. The first kappa shape index (κ1) is 27.9. The van der Waals surface area contributed by atoms with E-state index in [9.17, 15) is 29.7 Å². The number of aldehydes is 3. The first-order chi connectivity index (χ1) is 12.8. The molecule has 160 valence electrons. The zero-order valence-corrected chi connectivity index (χ0v) is 15.9. The first-order valence-corrected chi connectivity index (χ1v) is 8.93. The second-order valence-electron chi connectivity index (χ2n) is 5.84. The fourth-order valence-electron chi connectivity index (χ4n) is 1.79. The molecule has 0 aliphatic heterocycles. The van der Waals surface area contributed by atoms with Gasteiger partial charge in [-0.2, -0.15) is 5.06 Å². The van der Waals surface area contributed by atoms with Crippen molar-refractivity contribution in [1.29, 1.82) is 0 Å². The molecule has 0 spiro atoms. The number of hydrogen-bond donors (Lipinski definition) is 5. The molecule has 0 aromatic carbocycles. The van der Waals surface area contributed by atoms with E-state index < -0.39 is 37.1 Å². The second-order valence-corrected chi connectivity index (χ2v) is 5.84. The molecule has 0 amide bonds. The minimum absolute atomic E-state index is 0.160. The Bertz CT molecular complexity index is 367. The molecule has 0 saturated carbocycles. The lowest BCUT2D eigenvalue weighted by atomic mass is 10.0. The van der Waals surface area contributed by atoms with Crippen LogP contribution in [0.4, 0.5) is 0 Å². The number of carbonyl (C=O) groups is 3. The predicted octanol–water partition coefficient (Wildman–Crippen LogP) is -1.79. The van der Waals surface area contributed by atoms with Crippen LogP contribution in [0.3, 0.4) is 0 Å². The summed E-state index contributed by atoms with van der Waals surface area (Å²) in [6.45, 7) is 4.59. The maximum atomic E-state index is 11.1. The Labute approximate surface area is 159 Å². The van der Waals surface area contributed by atoms with Gasteiger partial charge in [0.25, 0.3) is 0 Å². The lowest BCUT2D eigenvalue weighted by Gasteiger charge is -2.30. The summed E-state index contributed by atoms with van der Waals surface area (Å²) in [5.41, 5.74) is 0. The van der Waals surface area contributed by atoms with Gasteiger partial charge in [-0.25, -0.2) is 0 Å². The van der Waals surface area contributed by atoms with E-state index in [4.69, 9.17) is 15.1 Å². The van der Waals surface area contributed by atoms with Gasteiger partial charge in [0.15, 0.2) is 31.1 Å². The summed E-state index contributed by atoms with van der Waals surface area (Å²) in [5, 5.41) is 47.1. The minimum atomic E-state index is -1.65. The van der Waals surface area contributed by atoms with Gasteiger partial charge < -0.3 is 30.3 Å². The fourth-order valence-corrected chi connectivity index (χ4v) is 1.79. The maximum Gasteiger partial charge on any atom is 0.164 e. The molecule has 4 unspecified atom stereocenters. The van der Waals surface area contributed by atoms with Crippen LogP contribution in [-0.2, 0) is 19.2 Å². The molecule has 0 bridgehead atoms. The number of rotatable bonds is 15. The van der Waals surface area contributed by atoms with Crippen LogP contribution < -0.4 is 0 Å². The predicted molar refractivity (Wildman–Crippen MR) is 95.6 cm³/mol. The molecule has 0 aromatic rings. The molecule has 5 N–H and O–H groups in total. The molecular formula is C17H33NO9. The van der Waals surface area contributed by atoms with Crippen LogP contribution in [0.1, 0.15) is 39.5 Å². The quantitative estimate of drug-likeness (QED) is 0.121. The van der Waals surface area contributed by atoms with Crippen molar-refractivity contribution in [3.05, 3.63) is 0 Å². The number of carbonyl (C=O) groups excluding carboxylic acids is 3. The largest absolute Gasteiger partial charge is 0.394 e. The Morgan fingerprint density at radius 3 is 1.63 bits per heavy atom. The monoisotopic (exact) mass is 395 g/mol. The summed E-state index contributed by atoms with van der Waals surface area (Å²) in [6.07, 6.45) is -3.08. The lowest BCUT2D eigenvalue weighted by molar-refractivity contribution is -0.230. The van der Waals surface area contributed by atoms with E-state index in [2.05, 4.69) is 0 Å². The summed E-state index contributed by atoms with van der Waals surface area (Å²) < 4.78 is 0. The van der Waals surface area contributed by atoms with Crippen molar-refractivity contribution in [3.63, 3.8) is 0 Å². The second kappa shape index (κ2) is 18.1. The van der Waals surface area contributed by atoms with Crippen molar-refractivity contribution in [1.82, 2.24) is 5.06 Å². The van der Waals surface area contributed by atoms with Crippen LogP contribution in [0.15, 0.2) is 0 Å². The number of unbranched alkanes of at least 4 members (excludes halogenated alkanes) is 2. The van der Waals surface area contributed by atoms with Crippen LogP contribution in [0.2, 0.25) is 0 Å². The van der Waals surface area contributed by atoms with Gasteiger partial charge in [-0.15, -0.1) is 0 Å². The van der Waals surface area contributed by atoms with E-state index in [-0.39, 0.29) is 12.6 Å². The molecule has 10 nitrogen and oxygen atoms in total. The number of nitrogens with zero attached hydrogens (tertiary/aromatic N) is 1. The summed E-state index contributed by atoms with van der Waals surface area (Å²) in [4.78, 5) is 35.0. The molecule has 0 heterocycles. The summed E-state index contributed by atoms with van der Waals surface area (Å²) in [7, 11) is 0. The number of hydrogen-bond acceptors (Lipinski definition) is 10. The van der Waals surface area contributed by atoms with Crippen LogP contribution in [0, 0.1) is 0 Å². The van der Waals surface area contributed by atoms with Crippen LogP contribution in [0.5, 0.6) is 0 Å². The molecule has 10 heteroatoms. The van der Waals surface area contributed by atoms with E-state index in [1.54, 1.807) is 5.06 Å². The smallest absolute Gasteiger partial charge is 0.164 e. The van der Waals surface area contributed by atoms with Gasteiger partial charge in [0.1, 0.15) is 18.3 Å². The molecule has 4 atom stereocenters. The molecule has 0 radical (unpaired) electrons. The van der Waals surface area contributed by atoms with Gasteiger partial charge >= 0.3 is 0 Å². The SMILES string of the molecule is CCCCN(CCCC)OC(C=O)C(O)C(O)C(O)CO.O=CC(O)C=O. The average Bonchev–Trinajstić information content (AvgIpc) is 2.71. The van der Waals surface area contributed by atoms with Crippen molar-refractivity contribution in [3.8, 4) is 0 Å². The van der Waals surface area contributed by atoms with Crippen molar-refractivity contribution in [2.75, 3.05) is 19.7 Å². The molecule has 27 heavy (non-hydrogen) atoms. The van der Waals surface area contributed by atoms with Gasteiger partial charge in [0.2, 0.25) is 0 Å². The van der Waals surface area contributed by atoms with E-state index >= 15 is 0 Å². The summed E-state index contributed by atoms with van der Waals surface area (Å²) >= 11 is 0. The molecule has 0 aromatic heterocycles. The Morgan fingerprint density at radius 1 is 0.852 bits per heavy atom. The van der Waals surface area contributed by atoms with E-state index in [0.717, 1.165) is 25.7 Å². The van der Waals surface area contributed by atoms with Crippen molar-refractivity contribution in [2.45, 2.75) is 70.1 Å². The Hall–Kier alpha value is -1.27. The molecule has 0 rings (SSSR count). The van der Waals surface area contributed by atoms with Crippen molar-refractivity contribution in [2.24, 2.45) is 0 Å². The fraction of sp³-hybridized carbons (Fsp3) is 0.824. The Morgan fingerprint density at radius 2 is 1.33 bits per heavy atom. The van der Waals surface area contributed by atoms with E-state index in [0.29, 0.717) is 19.4 Å². The summed E-state index contributed by atoms with van der Waals surface area (Å²) in [6, 6.07) is 0. The zero-order chi connectivity index (χ0) is 21.2. The molecule has 0 aliphatic rings. The molecule has 0 fully saturated rings. The highest BCUT2D eigenvalue weighted by Crippen LogP contribution is 2.10. The van der Waals surface area contributed by atoms with Crippen LogP contribution >= 0.6 is 0 Å². The standard InChI is InChI=1S/C14H29NO6.C3H4O3/c1-3-5-7-15(8-6-4-2)21-12(10-17)14(20)13(19)11(18)9-16;4-1-3(6)2-5/h10-14,16,18-20H,3-9H2,1-2H3;1-3,6H. The van der Waals surface area contributed by atoms with Gasteiger partial charge in [-0.1, -0.05) is 26.7 Å². The zero-order valence-electron chi connectivity index (χ0n) is 15.9. The highest BCUT2D eigenvalue weighted by atomic mass is 16.7.